The normalized spacial score (nSPS) is 24.8. The molecule has 0 radical (unpaired) electrons. The molecule has 0 aliphatic carbocycles. The lowest BCUT2D eigenvalue weighted by atomic mass is 10.0. The van der Waals surface area contributed by atoms with Crippen LogP contribution in [0.4, 0.5) is 0 Å². The van der Waals surface area contributed by atoms with Crippen molar-refractivity contribution >= 4 is 0 Å². The van der Waals surface area contributed by atoms with Crippen molar-refractivity contribution in [3.63, 3.8) is 0 Å². The highest BCUT2D eigenvalue weighted by Crippen LogP contribution is 2.08. The molecule has 1 rings (SSSR count). The van der Waals surface area contributed by atoms with E-state index in [0.29, 0.717) is 0 Å². The number of nitrogens with one attached hydrogen (secondary N) is 2. The molecule has 0 aromatic heterocycles. The standard InChI is InChI=1S/C9H20N2O/c1-9(2,7-12)11-6-8-3-4-10-5-8/h8,10-12H,3-7H2,1-2H3/t8-/m1/s1. The van der Waals surface area contributed by atoms with Crippen LogP contribution in [0, 0.1) is 5.92 Å². The molecule has 0 amide bonds. The average molecular weight is 172 g/mol. The van der Waals surface area contributed by atoms with Crippen LogP contribution in [0.2, 0.25) is 0 Å². The summed E-state index contributed by atoms with van der Waals surface area (Å²) in [5.41, 5.74) is -0.122. The zero-order valence-electron chi connectivity index (χ0n) is 8.06. The molecule has 3 heteroatoms. The van der Waals surface area contributed by atoms with Crippen molar-refractivity contribution in [2.75, 3.05) is 26.2 Å². The molecule has 3 nitrogen and oxygen atoms in total. The molecule has 0 aromatic carbocycles. The fourth-order valence-corrected chi connectivity index (χ4v) is 1.37. The van der Waals surface area contributed by atoms with Gasteiger partial charge in [-0.15, -0.1) is 0 Å². The zero-order chi connectivity index (χ0) is 9.03. The molecule has 1 aliphatic rings. The van der Waals surface area contributed by atoms with Gasteiger partial charge in [-0.05, 0) is 45.8 Å². The van der Waals surface area contributed by atoms with E-state index >= 15 is 0 Å². The van der Waals surface area contributed by atoms with Gasteiger partial charge in [-0.25, -0.2) is 0 Å². The summed E-state index contributed by atoms with van der Waals surface area (Å²) in [6.45, 7) is 7.53. The smallest absolute Gasteiger partial charge is 0.0607 e. The van der Waals surface area contributed by atoms with Gasteiger partial charge in [0.25, 0.3) is 0 Å². The van der Waals surface area contributed by atoms with Crippen LogP contribution in [0.1, 0.15) is 20.3 Å². The van der Waals surface area contributed by atoms with Crippen molar-refractivity contribution in [1.82, 2.24) is 10.6 Å². The molecule has 0 spiro atoms. The third-order valence-corrected chi connectivity index (χ3v) is 2.43. The molecule has 3 N–H and O–H groups in total. The number of hydrogen-bond acceptors (Lipinski definition) is 3. The first kappa shape index (κ1) is 9.96. The second-order valence-electron chi connectivity index (χ2n) is 4.28. The minimum absolute atomic E-state index is 0.122. The van der Waals surface area contributed by atoms with Gasteiger partial charge in [0.05, 0.1) is 6.61 Å². The van der Waals surface area contributed by atoms with E-state index in [1.165, 1.54) is 6.42 Å². The van der Waals surface area contributed by atoms with Crippen molar-refractivity contribution in [2.24, 2.45) is 5.92 Å². The Morgan fingerprint density at radius 1 is 1.58 bits per heavy atom. The summed E-state index contributed by atoms with van der Waals surface area (Å²) in [7, 11) is 0. The molecule has 1 aliphatic heterocycles. The lowest BCUT2D eigenvalue weighted by Gasteiger charge is -2.25. The molecule has 0 unspecified atom stereocenters. The Hall–Kier alpha value is -0.120. The topological polar surface area (TPSA) is 44.3 Å². The molecule has 12 heavy (non-hydrogen) atoms. The Morgan fingerprint density at radius 2 is 2.33 bits per heavy atom. The van der Waals surface area contributed by atoms with Crippen molar-refractivity contribution in [1.29, 1.82) is 0 Å². The zero-order valence-corrected chi connectivity index (χ0v) is 8.06. The van der Waals surface area contributed by atoms with Gasteiger partial charge >= 0.3 is 0 Å². The minimum atomic E-state index is -0.122. The fraction of sp³-hybridized carbons (Fsp3) is 1.00. The second-order valence-corrected chi connectivity index (χ2v) is 4.28. The van der Waals surface area contributed by atoms with Crippen molar-refractivity contribution in [3.8, 4) is 0 Å². The van der Waals surface area contributed by atoms with Crippen LogP contribution in [0.5, 0.6) is 0 Å². The SMILES string of the molecule is CC(C)(CO)NC[C@@H]1CCNC1. The predicted molar refractivity (Wildman–Crippen MR) is 50.1 cm³/mol. The van der Waals surface area contributed by atoms with E-state index in [9.17, 15) is 0 Å². The maximum Gasteiger partial charge on any atom is 0.0607 e. The maximum atomic E-state index is 8.99. The molecule has 0 saturated carbocycles. The second kappa shape index (κ2) is 4.21. The Labute approximate surface area is 74.5 Å². The molecule has 0 bridgehead atoms. The quantitative estimate of drug-likeness (QED) is 0.557. The van der Waals surface area contributed by atoms with E-state index in [0.717, 1.165) is 25.6 Å². The highest BCUT2D eigenvalue weighted by molar-refractivity contribution is 4.80. The van der Waals surface area contributed by atoms with E-state index in [2.05, 4.69) is 10.6 Å². The van der Waals surface area contributed by atoms with Crippen LogP contribution >= 0.6 is 0 Å². The Balaban J connectivity index is 2.15. The van der Waals surface area contributed by atoms with Crippen molar-refractivity contribution in [3.05, 3.63) is 0 Å². The Morgan fingerprint density at radius 3 is 2.83 bits per heavy atom. The first-order valence-corrected chi connectivity index (χ1v) is 4.71. The lowest BCUT2D eigenvalue weighted by molar-refractivity contribution is 0.184. The number of hydrogen-bond donors (Lipinski definition) is 3. The van der Waals surface area contributed by atoms with Gasteiger partial charge in [-0.3, -0.25) is 0 Å². The van der Waals surface area contributed by atoms with Gasteiger partial charge in [-0.1, -0.05) is 0 Å². The average Bonchev–Trinajstić information content (AvgIpc) is 2.53. The van der Waals surface area contributed by atoms with Gasteiger partial charge in [-0.2, -0.15) is 0 Å². The van der Waals surface area contributed by atoms with Gasteiger partial charge in [0.2, 0.25) is 0 Å². The molecule has 0 aromatic rings. The summed E-state index contributed by atoms with van der Waals surface area (Å²) in [4.78, 5) is 0. The van der Waals surface area contributed by atoms with E-state index in [1.807, 2.05) is 13.8 Å². The van der Waals surface area contributed by atoms with E-state index < -0.39 is 0 Å². The summed E-state index contributed by atoms with van der Waals surface area (Å²) in [5, 5.41) is 15.7. The summed E-state index contributed by atoms with van der Waals surface area (Å²) < 4.78 is 0. The summed E-state index contributed by atoms with van der Waals surface area (Å²) >= 11 is 0. The highest BCUT2D eigenvalue weighted by atomic mass is 16.3. The van der Waals surface area contributed by atoms with Crippen LogP contribution in [-0.2, 0) is 0 Å². The Bertz CT molecular complexity index is 130. The van der Waals surface area contributed by atoms with Gasteiger partial charge in [0, 0.05) is 5.54 Å². The molecular formula is C9H20N2O. The van der Waals surface area contributed by atoms with Crippen LogP contribution in [0.25, 0.3) is 0 Å². The summed E-state index contributed by atoms with van der Waals surface area (Å²) in [5.74, 6) is 0.746. The van der Waals surface area contributed by atoms with Crippen LogP contribution in [-0.4, -0.2) is 36.9 Å². The van der Waals surface area contributed by atoms with Crippen LogP contribution < -0.4 is 10.6 Å². The van der Waals surface area contributed by atoms with E-state index in [1.54, 1.807) is 0 Å². The number of rotatable bonds is 4. The third kappa shape index (κ3) is 3.09. The number of aliphatic hydroxyl groups is 1. The summed E-state index contributed by atoms with van der Waals surface area (Å²) in [6.07, 6.45) is 1.26. The van der Waals surface area contributed by atoms with Gasteiger partial charge in [0.15, 0.2) is 0 Å². The van der Waals surface area contributed by atoms with E-state index in [4.69, 9.17) is 5.11 Å². The van der Waals surface area contributed by atoms with E-state index in [-0.39, 0.29) is 12.1 Å². The first-order chi connectivity index (χ1) is 5.64. The molecular weight excluding hydrogens is 152 g/mol. The summed E-state index contributed by atoms with van der Waals surface area (Å²) in [6, 6.07) is 0. The van der Waals surface area contributed by atoms with Gasteiger partial charge in [0.1, 0.15) is 0 Å². The number of aliphatic hydroxyl groups excluding tert-OH is 1. The van der Waals surface area contributed by atoms with Crippen LogP contribution in [0.15, 0.2) is 0 Å². The molecule has 72 valence electrons. The molecule has 1 heterocycles. The predicted octanol–water partition coefficient (Wildman–Crippen LogP) is -0.0436. The third-order valence-electron chi connectivity index (χ3n) is 2.43. The lowest BCUT2D eigenvalue weighted by Crippen LogP contribution is -2.45. The molecule has 1 saturated heterocycles. The van der Waals surface area contributed by atoms with Crippen molar-refractivity contribution in [2.45, 2.75) is 25.8 Å². The monoisotopic (exact) mass is 172 g/mol. The maximum absolute atomic E-state index is 8.99. The molecule has 1 fully saturated rings. The van der Waals surface area contributed by atoms with Gasteiger partial charge < -0.3 is 15.7 Å². The minimum Gasteiger partial charge on any atom is -0.394 e. The van der Waals surface area contributed by atoms with Crippen LogP contribution in [0.3, 0.4) is 0 Å². The molecule has 1 atom stereocenters. The fourth-order valence-electron chi connectivity index (χ4n) is 1.37. The van der Waals surface area contributed by atoms with Crippen molar-refractivity contribution < 1.29 is 5.11 Å². The highest BCUT2D eigenvalue weighted by Gasteiger charge is 2.19. The largest absolute Gasteiger partial charge is 0.394 e. The first-order valence-electron chi connectivity index (χ1n) is 4.71. The Kier molecular flexibility index (Phi) is 3.50.